The van der Waals surface area contributed by atoms with Crippen molar-refractivity contribution < 1.29 is 17.4 Å². The van der Waals surface area contributed by atoms with Crippen molar-refractivity contribution in [3.05, 3.63) is 12.3 Å². The Balaban J connectivity index is -0.00000000821. The molecule has 0 rings (SSSR count). The first kappa shape index (κ1) is 58.9. The third-order valence-electron chi connectivity index (χ3n) is 0. The molecule has 0 aromatic rings. The standard InChI is InChI=1S/4CHNS.Cr.H3N.2H2N/c4*2-1-3;;;;/h4*3H;;1H3;2*1H2/q;;;;+6;;2*-1/p-4. The van der Waals surface area contributed by atoms with Gasteiger partial charge < -0.3 is 69.0 Å². The van der Waals surface area contributed by atoms with Crippen LogP contribution in [-0.2, 0) is 67.9 Å². The zero-order valence-corrected chi connectivity index (χ0v) is 12.2. The summed E-state index contributed by atoms with van der Waals surface area (Å²) in [4.78, 5) is 0. The molecule has 0 amide bonds. The smallest absolute Gasteiger partial charge is 0.696 e. The summed E-state index contributed by atoms with van der Waals surface area (Å²) in [5.41, 5.74) is 0. The molecule has 88 valence electrons. The van der Waals surface area contributed by atoms with Gasteiger partial charge in [-0.15, -0.1) is 0 Å². The maximum atomic E-state index is 7.13. The van der Waals surface area contributed by atoms with Crippen LogP contribution < -0.4 is 6.15 Å². The largest absolute Gasteiger partial charge is 6.00 e. The molecule has 0 saturated carbocycles. The van der Waals surface area contributed by atoms with Gasteiger partial charge in [0.2, 0.25) is 0 Å². The fraction of sp³-hybridized carbons (Fsp3) is 0. The van der Waals surface area contributed by atoms with E-state index in [0.29, 0.717) is 0 Å². The molecule has 0 saturated heterocycles. The molecule has 16 heavy (non-hydrogen) atoms. The first-order valence-electron chi connectivity index (χ1n) is 1.71. The first-order valence-corrected chi connectivity index (χ1v) is 3.34. The van der Waals surface area contributed by atoms with Crippen LogP contribution in [0.3, 0.4) is 0 Å². The van der Waals surface area contributed by atoms with Gasteiger partial charge in [0, 0.05) is 0 Å². The van der Waals surface area contributed by atoms with Crippen molar-refractivity contribution in [1.82, 2.24) is 6.15 Å². The summed E-state index contributed by atoms with van der Waals surface area (Å²) in [6.07, 6.45) is 0. The van der Waals surface area contributed by atoms with Gasteiger partial charge in [0.25, 0.3) is 0 Å². The number of thiocyanates is 4. The minimum Gasteiger partial charge on any atom is -0.696 e. The summed E-state index contributed by atoms with van der Waals surface area (Å²) in [5, 5.41) is 33.9. The third-order valence-corrected chi connectivity index (χ3v) is 0. The first-order chi connectivity index (χ1) is 5.66. The summed E-state index contributed by atoms with van der Waals surface area (Å²) in [6.45, 7) is 0. The molecule has 0 fully saturated rings. The van der Waals surface area contributed by atoms with Crippen LogP contribution in [0.1, 0.15) is 0 Å². The normalized spacial score (nSPS) is 1.75. The van der Waals surface area contributed by atoms with E-state index in [0.717, 1.165) is 0 Å². The second-order valence-electron chi connectivity index (χ2n) is 0.365. The van der Waals surface area contributed by atoms with E-state index in [4.69, 9.17) is 21.0 Å². The van der Waals surface area contributed by atoms with Crippen LogP contribution in [0.2, 0.25) is 0 Å². The molecule has 0 spiro atoms. The van der Waals surface area contributed by atoms with Gasteiger partial charge in [-0.3, -0.25) is 0 Å². The van der Waals surface area contributed by atoms with Crippen LogP contribution in [0.25, 0.3) is 12.3 Å². The maximum absolute atomic E-state index is 7.13. The van der Waals surface area contributed by atoms with Crippen LogP contribution in [0.5, 0.6) is 0 Å². The molecule has 0 bridgehead atoms. The van der Waals surface area contributed by atoms with Gasteiger partial charge >= 0.3 is 17.4 Å². The second-order valence-corrected chi connectivity index (χ2v) is 1.10. The number of hydrogen-bond acceptors (Lipinski definition) is 9. The fourth-order valence-electron chi connectivity index (χ4n) is 0. The SMILES string of the molecule is N.N#C[S-].N#C[S-].N#C[S-].N#C[S-].[Cr+6].[NH2-].[NH2-]. The van der Waals surface area contributed by atoms with E-state index >= 15 is 0 Å². The van der Waals surface area contributed by atoms with E-state index in [2.05, 4.69) is 50.5 Å². The summed E-state index contributed by atoms with van der Waals surface area (Å²) >= 11 is 14.8. The predicted octanol–water partition coefficient (Wildman–Crippen LogP) is 1.65. The monoisotopic (exact) mass is 333 g/mol. The third kappa shape index (κ3) is 3560. The van der Waals surface area contributed by atoms with Gasteiger partial charge in [-0.05, 0) is 0 Å². The van der Waals surface area contributed by atoms with E-state index < -0.39 is 0 Å². The summed E-state index contributed by atoms with van der Waals surface area (Å²) < 4.78 is 0. The Bertz CT molecular complexity index is 162. The van der Waals surface area contributed by atoms with E-state index in [1.807, 2.05) is 0 Å². The van der Waals surface area contributed by atoms with Gasteiger partial charge in [0.1, 0.15) is 0 Å². The Labute approximate surface area is 128 Å². The molecule has 0 aliphatic heterocycles. The molecule has 0 aromatic heterocycles. The molecule has 0 aromatic carbocycles. The molecule has 7 N–H and O–H groups in total. The topological polar surface area (TPSA) is 197 Å². The van der Waals surface area contributed by atoms with Crippen LogP contribution in [0.4, 0.5) is 0 Å². The molecule has 0 unspecified atom stereocenters. The molecular weight excluding hydrogens is 326 g/mol. The molecule has 7 nitrogen and oxygen atoms in total. The summed E-state index contributed by atoms with van der Waals surface area (Å²) in [6, 6.07) is 0. The van der Waals surface area contributed by atoms with E-state index in [1.54, 1.807) is 0 Å². The minimum absolute atomic E-state index is 0. The average Bonchev–Trinajstić information content (AvgIpc) is 1.92. The molecule has 0 aliphatic rings. The van der Waals surface area contributed by atoms with Crippen molar-refractivity contribution in [3.8, 4) is 21.6 Å². The number of hydrogen-bond donors (Lipinski definition) is 1. The van der Waals surface area contributed by atoms with E-state index in [-0.39, 0.29) is 35.8 Å². The number of rotatable bonds is 0. The predicted molar refractivity (Wildman–Crippen MR) is 67.5 cm³/mol. The van der Waals surface area contributed by atoms with Crippen LogP contribution in [0.15, 0.2) is 0 Å². The van der Waals surface area contributed by atoms with Gasteiger partial charge in [0.15, 0.2) is 0 Å². The number of nitrogens with zero attached hydrogens (tertiary/aromatic N) is 4. The average molecular weight is 333 g/mol. The number of nitriles is 4. The Morgan fingerprint density at radius 1 is 0.562 bits per heavy atom. The molecule has 0 atom stereocenters. The van der Waals surface area contributed by atoms with Crippen LogP contribution >= 0.6 is 0 Å². The van der Waals surface area contributed by atoms with Gasteiger partial charge in [-0.1, -0.05) is 21.6 Å². The number of nitrogens with two attached hydrogens (primary N) is 2. The van der Waals surface area contributed by atoms with Crippen LogP contribution in [0, 0.1) is 42.7 Å². The molecular formula is C4H7CrN7S4. The molecule has 0 heterocycles. The molecule has 0 radical (unpaired) electrons. The Hall–Kier alpha value is -0.748. The fourth-order valence-corrected chi connectivity index (χ4v) is 0. The van der Waals surface area contributed by atoms with Crippen molar-refractivity contribution in [2.75, 3.05) is 0 Å². The Kier molecular flexibility index (Phi) is 871. The maximum Gasteiger partial charge on any atom is 6.00 e. The van der Waals surface area contributed by atoms with Crippen molar-refractivity contribution >= 4 is 50.5 Å². The molecule has 12 heteroatoms. The van der Waals surface area contributed by atoms with E-state index in [9.17, 15) is 0 Å². The van der Waals surface area contributed by atoms with Gasteiger partial charge in [-0.25, -0.2) is 21.0 Å². The zero-order chi connectivity index (χ0) is 10.8. The zero-order valence-electron chi connectivity index (χ0n) is 7.69. The summed E-state index contributed by atoms with van der Waals surface area (Å²) in [5.74, 6) is 0. The molecule has 0 aliphatic carbocycles. The van der Waals surface area contributed by atoms with Crippen molar-refractivity contribution in [3.63, 3.8) is 0 Å². The van der Waals surface area contributed by atoms with Crippen molar-refractivity contribution in [2.24, 2.45) is 0 Å². The van der Waals surface area contributed by atoms with Gasteiger partial charge in [0.05, 0.1) is 0 Å². The summed E-state index contributed by atoms with van der Waals surface area (Å²) in [7, 11) is 0. The van der Waals surface area contributed by atoms with Gasteiger partial charge in [-0.2, -0.15) is 0 Å². The second kappa shape index (κ2) is 237. The Morgan fingerprint density at radius 3 is 0.562 bits per heavy atom. The minimum atomic E-state index is 0. The van der Waals surface area contributed by atoms with Crippen molar-refractivity contribution in [2.45, 2.75) is 0 Å². The Morgan fingerprint density at radius 2 is 0.562 bits per heavy atom. The van der Waals surface area contributed by atoms with Crippen molar-refractivity contribution in [1.29, 1.82) is 21.0 Å². The van der Waals surface area contributed by atoms with Crippen LogP contribution in [-0.4, -0.2) is 0 Å². The van der Waals surface area contributed by atoms with E-state index in [1.165, 1.54) is 21.6 Å². The quantitative estimate of drug-likeness (QED) is 0.505.